The molecule has 0 spiro atoms. The fraction of sp³-hybridized carbons (Fsp3) is 0.818. The van der Waals surface area contributed by atoms with Gasteiger partial charge in [-0.15, -0.1) is 0 Å². The van der Waals surface area contributed by atoms with Gasteiger partial charge in [0.1, 0.15) is 0 Å². The minimum absolute atomic E-state index is 0.00296. The Balaban J connectivity index is 2.53. The molecule has 1 rings (SSSR count). The van der Waals surface area contributed by atoms with Gasteiger partial charge >= 0.3 is 0 Å². The highest BCUT2D eigenvalue weighted by Gasteiger charge is 2.35. The van der Waals surface area contributed by atoms with E-state index in [9.17, 15) is 4.79 Å². The molecule has 0 bridgehead atoms. The SMILES string of the molecule is CCC(C(=O)N(C)CC1CC1C)C(N)=NO. The molecule has 0 radical (unpaired) electrons. The van der Waals surface area contributed by atoms with Gasteiger partial charge in [0.15, 0.2) is 5.84 Å². The first kappa shape index (κ1) is 12.8. The van der Waals surface area contributed by atoms with Gasteiger partial charge < -0.3 is 15.8 Å². The van der Waals surface area contributed by atoms with Crippen LogP contribution in [0.3, 0.4) is 0 Å². The third-order valence-electron chi connectivity index (χ3n) is 3.34. The zero-order chi connectivity index (χ0) is 12.3. The molecule has 1 aliphatic rings. The van der Waals surface area contributed by atoms with E-state index in [-0.39, 0.29) is 11.7 Å². The van der Waals surface area contributed by atoms with Gasteiger partial charge in [-0.2, -0.15) is 0 Å². The Morgan fingerprint density at radius 2 is 2.25 bits per heavy atom. The van der Waals surface area contributed by atoms with Crippen molar-refractivity contribution in [3.05, 3.63) is 0 Å². The number of carbonyl (C=O) groups excluding carboxylic acids is 1. The van der Waals surface area contributed by atoms with Crippen molar-refractivity contribution in [1.82, 2.24) is 4.90 Å². The monoisotopic (exact) mass is 227 g/mol. The zero-order valence-corrected chi connectivity index (χ0v) is 10.2. The van der Waals surface area contributed by atoms with Crippen LogP contribution in [0, 0.1) is 17.8 Å². The number of rotatable bonds is 5. The van der Waals surface area contributed by atoms with Gasteiger partial charge in [-0.1, -0.05) is 19.0 Å². The predicted octanol–water partition coefficient (Wildman–Crippen LogP) is 0.873. The van der Waals surface area contributed by atoms with Crippen molar-refractivity contribution in [2.24, 2.45) is 28.6 Å². The van der Waals surface area contributed by atoms with Gasteiger partial charge in [-0.25, -0.2) is 0 Å². The van der Waals surface area contributed by atoms with E-state index >= 15 is 0 Å². The molecule has 1 aliphatic carbocycles. The highest BCUT2D eigenvalue weighted by molar-refractivity contribution is 6.01. The molecular formula is C11H21N3O2. The van der Waals surface area contributed by atoms with Crippen molar-refractivity contribution in [1.29, 1.82) is 0 Å². The van der Waals surface area contributed by atoms with Crippen LogP contribution in [-0.4, -0.2) is 35.4 Å². The van der Waals surface area contributed by atoms with Crippen LogP contribution < -0.4 is 5.73 Å². The molecule has 5 heteroatoms. The minimum Gasteiger partial charge on any atom is -0.409 e. The maximum atomic E-state index is 12.0. The first-order chi connectivity index (χ1) is 7.51. The lowest BCUT2D eigenvalue weighted by atomic mass is 10.0. The number of nitrogens with zero attached hydrogens (tertiary/aromatic N) is 2. The van der Waals surface area contributed by atoms with Gasteiger partial charge in [-0.3, -0.25) is 4.79 Å². The molecule has 16 heavy (non-hydrogen) atoms. The average Bonchev–Trinajstić information content (AvgIpc) is 2.94. The maximum absolute atomic E-state index is 12.0. The molecule has 5 nitrogen and oxygen atoms in total. The Hall–Kier alpha value is -1.26. The van der Waals surface area contributed by atoms with Gasteiger partial charge in [0.2, 0.25) is 5.91 Å². The summed E-state index contributed by atoms with van der Waals surface area (Å²) in [5.41, 5.74) is 5.49. The second-order valence-corrected chi connectivity index (χ2v) is 4.68. The summed E-state index contributed by atoms with van der Waals surface area (Å²) in [6.07, 6.45) is 1.75. The molecule has 0 aromatic carbocycles. The number of amidine groups is 1. The third-order valence-corrected chi connectivity index (χ3v) is 3.34. The standard InChI is InChI=1S/C11H21N3O2/c1-4-9(10(12)13-16)11(15)14(3)6-8-5-7(8)2/h7-9,16H,4-6H2,1-3H3,(H2,12,13). The maximum Gasteiger partial charge on any atom is 0.233 e. The smallest absolute Gasteiger partial charge is 0.233 e. The summed E-state index contributed by atoms with van der Waals surface area (Å²) >= 11 is 0. The van der Waals surface area contributed by atoms with Crippen LogP contribution in [-0.2, 0) is 4.79 Å². The van der Waals surface area contributed by atoms with Crippen molar-refractivity contribution in [2.75, 3.05) is 13.6 Å². The Kier molecular flexibility index (Phi) is 4.15. The van der Waals surface area contributed by atoms with Crippen LogP contribution >= 0.6 is 0 Å². The lowest BCUT2D eigenvalue weighted by molar-refractivity contribution is -0.132. The van der Waals surface area contributed by atoms with E-state index in [4.69, 9.17) is 10.9 Å². The highest BCUT2D eigenvalue weighted by atomic mass is 16.4. The fourth-order valence-corrected chi connectivity index (χ4v) is 1.94. The summed E-state index contributed by atoms with van der Waals surface area (Å²) in [6.45, 7) is 4.81. The molecule has 3 unspecified atom stereocenters. The van der Waals surface area contributed by atoms with Crippen molar-refractivity contribution < 1.29 is 10.0 Å². The van der Waals surface area contributed by atoms with Crippen molar-refractivity contribution >= 4 is 11.7 Å². The number of oxime groups is 1. The largest absolute Gasteiger partial charge is 0.409 e. The van der Waals surface area contributed by atoms with Gasteiger partial charge in [0, 0.05) is 13.6 Å². The van der Waals surface area contributed by atoms with Crippen LogP contribution in [0.5, 0.6) is 0 Å². The molecule has 0 aromatic rings. The minimum atomic E-state index is -0.496. The van der Waals surface area contributed by atoms with E-state index in [0.717, 1.165) is 12.5 Å². The summed E-state index contributed by atoms with van der Waals surface area (Å²) in [6, 6.07) is 0. The molecular weight excluding hydrogens is 206 g/mol. The van der Waals surface area contributed by atoms with Crippen LogP contribution in [0.15, 0.2) is 5.16 Å². The van der Waals surface area contributed by atoms with E-state index in [1.807, 2.05) is 6.92 Å². The second-order valence-electron chi connectivity index (χ2n) is 4.68. The van der Waals surface area contributed by atoms with E-state index in [0.29, 0.717) is 12.3 Å². The van der Waals surface area contributed by atoms with Gasteiger partial charge in [0.25, 0.3) is 0 Å². The highest BCUT2D eigenvalue weighted by Crippen LogP contribution is 2.38. The molecule has 1 saturated carbocycles. The Labute approximate surface area is 96.3 Å². The summed E-state index contributed by atoms with van der Waals surface area (Å²) in [4.78, 5) is 13.7. The first-order valence-corrected chi connectivity index (χ1v) is 5.73. The van der Waals surface area contributed by atoms with Crippen molar-refractivity contribution in [3.8, 4) is 0 Å². The van der Waals surface area contributed by atoms with Crippen molar-refractivity contribution in [2.45, 2.75) is 26.7 Å². The van der Waals surface area contributed by atoms with E-state index in [2.05, 4.69) is 12.1 Å². The number of hydrogen-bond donors (Lipinski definition) is 2. The topological polar surface area (TPSA) is 78.9 Å². The molecule has 0 heterocycles. The number of hydrogen-bond acceptors (Lipinski definition) is 3. The van der Waals surface area contributed by atoms with Gasteiger partial charge in [-0.05, 0) is 24.7 Å². The average molecular weight is 227 g/mol. The molecule has 1 fully saturated rings. The third kappa shape index (κ3) is 2.87. The number of carbonyl (C=O) groups is 1. The lowest BCUT2D eigenvalue weighted by Gasteiger charge is -2.22. The Morgan fingerprint density at radius 1 is 1.69 bits per heavy atom. The second kappa shape index (κ2) is 5.18. The molecule has 0 saturated heterocycles. The zero-order valence-electron chi connectivity index (χ0n) is 10.2. The summed E-state index contributed by atoms with van der Waals surface area (Å²) in [5, 5.41) is 11.5. The first-order valence-electron chi connectivity index (χ1n) is 5.73. The van der Waals surface area contributed by atoms with E-state index in [1.165, 1.54) is 6.42 Å². The van der Waals surface area contributed by atoms with Crippen LogP contribution in [0.1, 0.15) is 26.7 Å². The van der Waals surface area contributed by atoms with E-state index < -0.39 is 5.92 Å². The molecule has 0 aromatic heterocycles. The molecule has 1 amide bonds. The molecule has 3 atom stereocenters. The number of nitrogens with two attached hydrogens (primary N) is 1. The quantitative estimate of drug-likeness (QED) is 0.316. The normalized spacial score (nSPS) is 26.3. The summed E-state index contributed by atoms with van der Waals surface area (Å²) in [7, 11) is 1.78. The Morgan fingerprint density at radius 3 is 2.62 bits per heavy atom. The fourth-order valence-electron chi connectivity index (χ4n) is 1.94. The molecule has 92 valence electrons. The van der Waals surface area contributed by atoms with Gasteiger partial charge in [0.05, 0.1) is 5.92 Å². The summed E-state index contributed by atoms with van der Waals surface area (Å²) in [5.74, 6) is 0.794. The van der Waals surface area contributed by atoms with Crippen LogP contribution in [0.4, 0.5) is 0 Å². The van der Waals surface area contributed by atoms with Crippen molar-refractivity contribution in [3.63, 3.8) is 0 Å². The molecule has 3 N–H and O–H groups in total. The van der Waals surface area contributed by atoms with Crippen LogP contribution in [0.2, 0.25) is 0 Å². The van der Waals surface area contributed by atoms with E-state index in [1.54, 1.807) is 11.9 Å². The predicted molar refractivity (Wildman–Crippen MR) is 62.1 cm³/mol. The Bertz CT molecular complexity index is 291. The summed E-state index contributed by atoms with van der Waals surface area (Å²) < 4.78 is 0. The lowest BCUT2D eigenvalue weighted by Crippen LogP contribution is -2.40. The molecule has 0 aliphatic heterocycles. The number of amides is 1. The van der Waals surface area contributed by atoms with Crippen LogP contribution in [0.25, 0.3) is 0 Å².